The van der Waals surface area contributed by atoms with Crippen LogP contribution in [0.2, 0.25) is 5.02 Å². The molecule has 2 aromatic carbocycles. The molecular formula is C24H29ClN4O2. The Morgan fingerprint density at radius 3 is 2.65 bits per heavy atom. The molecular weight excluding hydrogens is 412 g/mol. The van der Waals surface area contributed by atoms with Crippen LogP contribution in [-0.4, -0.2) is 51.8 Å². The molecule has 4 rings (SSSR count). The van der Waals surface area contributed by atoms with Crippen LogP contribution in [0.1, 0.15) is 33.3 Å². The van der Waals surface area contributed by atoms with Gasteiger partial charge in [-0.3, -0.25) is 0 Å². The standard InChI is InChI=1S/C24H29ClN4O2/c1-17-15-27(23(30)31-24(2,3)4)12-13-28(17)22-26-20-10-5-6-11-21(20)29(22)16-18-8-7-9-19(25)14-18/h5-11,14,17H,12-13,15-16H2,1-4H3/t17-/m0/s1. The minimum atomic E-state index is -0.498. The SMILES string of the molecule is C[C@H]1CN(C(=O)OC(C)(C)C)CCN1c1nc2ccccc2n1Cc1cccc(Cl)c1. The minimum Gasteiger partial charge on any atom is -0.444 e. The lowest BCUT2D eigenvalue weighted by atomic mass is 10.2. The van der Waals surface area contributed by atoms with E-state index >= 15 is 0 Å². The van der Waals surface area contributed by atoms with E-state index in [1.807, 2.05) is 57.2 Å². The molecule has 3 aromatic rings. The summed E-state index contributed by atoms with van der Waals surface area (Å²) in [5.41, 5.74) is 2.67. The van der Waals surface area contributed by atoms with Crippen LogP contribution in [0.3, 0.4) is 0 Å². The zero-order chi connectivity index (χ0) is 22.2. The van der Waals surface area contributed by atoms with Crippen LogP contribution >= 0.6 is 11.6 Å². The number of fused-ring (bicyclic) bond motifs is 1. The van der Waals surface area contributed by atoms with Gasteiger partial charge in [-0.05, 0) is 57.5 Å². The molecule has 0 N–H and O–H groups in total. The zero-order valence-corrected chi connectivity index (χ0v) is 19.3. The summed E-state index contributed by atoms with van der Waals surface area (Å²) in [4.78, 5) is 21.6. The van der Waals surface area contributed by atoms with E-state index in [0.717, 1.165) is 27.6 Å². The molecule has 1 amide bonds. The largest absolute Gasteiger partial charge is 0.444 e. The van der Waals surface area contributed by atoms with Crippen molar-refractivity contribution in [2.24, 2.45) is 0 Å². The number of anilines is 1. The number of halogens is 1. The Balaban J connectivity index is 1.62. The predicted octanol–water partition coefficient (Wildman–Crippen LogP) is 5.18. The number of nitrogens with zero attached hydrogens (tertiary/aromatic N) is 4. The molecule has 0 bridgehead atoms. The summed E-state index contributed by atoms with van der Waals surface area (Å²) >= 11 is 6.22. The van der Waals surface area contributed by atoms with Crippen LogP contribution < -0.4 is 4.90 Å². The molecule has 6 nitrogen and oxygen atoms in total. The van der Waals surface area contributed by atoms with Gasteiger partial charge >= 0.3 is 6.09 Å². The van der Waals surface area contributed by atoms with Crippen molar-refractivity contribution in [3.8, 4) is 0 Å². The van der Waals surface area contributed by atoms with Crippen molar-refractivity contribution in [1.29, 1.82) is 0 Å². The van der Waals surface area contributed by atoms with E-state index in [1.165, 1.54) is 0 Å². The summed E-state index contributed by atoms with van der Waals surface area (Å²) in [6.45, 7) is 10.4. The number of hydrogen-bond acceptors (Lipinski definition) is 4. The topological polar surface area (TPSA) is 50.6 Å². The zero-order valence-electron chi connectivity index (χ0n) is 18.5. The van der Waals surface area contributed by atoms with Crippen molar-refractivity contribution < 1.29 is 9.53 Å². The van der Waals surface area contributed by atoms with Gasteiger partial charge in [-0.2, -0.15) is 0 Å². The summed E-state index contributed by atoms with van der Waals surface area (Å²) in [7, 11) is 0. The molecule has 7 heteroatoms. The summed E-state index contributed by atoms with van der Waals surface area (Å²) in [5, 5.41) is 0.725. The molecule has 2 heterocycles. The van der Waals surface area contributed by atoms with Gasteiger partial charge in [-0.15, -0.1) is 0 Å². The van der Waals surface area contributed by atoms with Gasteiger partial charge in [0.15, 0.2) is 0 Å². The smallest absolute Gasteiger partial charge is 0.410 e. The molecule has 1 aliphatic rings. The number of rotatable bonds is 3. The quantitative estimate of drug-likeness (QED) is 0.562. The molecule has 0 spiro atoms. The van der Waals surface area contributed by atoms with Gasteiger partial charge in [-0.1, -0.05) is 35.9 Å². The number of amides is 1. The number of aromatic nitrogens is 2. The first-order chi connectivity index (χ1) is 14.7. The average molecular weight is 441 g/mol. The number of benzene rings is 2. The fraction of sp³-hybridized carbons (Fsp3) is 0.417. The third-order valence-corrected chi connectivity index (χ3v) is 5.64. The summed E-state index contributed by atoms with van der Waals surface area (Å²) in [5.74, 6) is 0.914. The molecule has 1 aromatic heterocycles. The van der Waals surface area contributed by atoms with Crippen molar-refractivity contribution >= 4 is 34.7 Å². The summed E-state index contributed by atoms with van der Waals surface area (Å²) in [6, 6.07) is 16.2. The third kappa shape index (κ3) is 4.79. The van der Waals surface area contributed by atoms with Gasteiger partial charge in [0, 0.05) is 30.7 Å². The molecule has 1 aliphatic heterocycles. The Morgan fingerprint density at radius 2 is 1.94 bits per heavy atom. The number of imidazole rings is 1. The monoisotopic (exact) mass is 440 g/mol. The van der Waals surface area contributed by atoms with Gasteiger partial charge in [0.25, 0.3) is 0 Å². The highest BCUT2D eigenvalue weighted by Crippen LogP contribution is 2.28. The van der Waals surface area contributed by atoms with Crippen molar-refractivity contribution in [1.82, 2.24) is 14.5 Å². The molecule has 0 aliphatic carbocycles. The van der Waals surface area contributed by atoms with E-state index in [2.05, 4.69) is 28.5 Å². The Kier molecular flexibility index (Phi) is 5.84. The summed E-state index contributed by atoms with van der Waals surface area (Å²) in [6.07, 6.45) is -0.258. The second-order valence-corrected chi connectivity index (χ2v) is 9.52. The fourth-order valence-electron chi connectivity index (χ4n) is 4.00. The molecule has 1 saturated heterocycles. The molecule has 164 valence electrons. The van der Waals surface area contributed by atoms with E-state index < -0.39 is 5.60 Å². The number of carbonyl (C=O) groups is 1. The normalized spacial score (nSPS) is 17.3. The highest BCUT2D eigenvalue weighted by atomic mass is 35.5. The van der Waals surface area contributed by atoms with Crippen molar-refractivity contribution in [3.05, 3.63) is 59.1 Å². The minimum absolute atomic E-state index is 0.108. The fourth-order valence-corrected chi connectivity index (χ4v) is 4.22. The molecule has 31 heavy (non-hydrogen) atoms. The Labute approximate surface area is 188 Å². The number of ether oxygens (including phenoxy) is 1. The van der Waals surface area contributed by atoms with Gasteiger partial charge in [-0.25, -0.2) is 9.78 Å². The molecule has 0 radical (unpaired) electrons. The van der Waals surface area contributed by atoms with E-state index in [4.69, 9.17) is 21.3 Å². The first kappa shape index (κ1) is 21.5. The van der Waals surface area contributed by atoms with Gasteiger partial charge in [0.2, 0.25) is 5.95 Å². The lowest BCUT2D eigenvalue weighted by Crippen LogP contribution is -2.55. The Bertz CT molecular complexity index is 1090. The Morgan fingerprint density at radius 1 is 1.16 bits per heavy atom. The van der Waals surface area contributed by atoms with Crippen molar-refractivity contribution in [2.45, 2.75) is 45.9 Å². The highest BCUT2D eigenvalue weighted by molar-refractivity contribution is 6.30. The second-order valence-electron chi connectivity index (χ2n) is 9.09. The van der Waals surface area contributed by atoms with Crippen molar-refractivity contribution in [3.63, 3.8) is 0 Å². The molecule has 0 saturated carbocycles. The first-order valence-corrected chi connectivity index (χ1v) is 11.0. The average Bonchev–Trinajstić information content (AvgIpc) is 3.05. The van der Waals surface area contributed by atoms with Crippen LogP contribution in [0.15, 0.2) is 48.5 Å². The van der Waals surface area contributed by atoms with Gasteiger partial charge in [0.1, 0.15) is 5.60 Å². The number of para-hydroxylation sites is 2. The lowest BCUT2D eigenvalue weighted by molar-refractivity contribution is 0.0218. The van der Waals surface area contributed by atoms with E-state index in [9.17, 15) is 4.79 Å². The molecule has 0 unspecified atom stereocenters. The maximum atomic E-state index is 12.5. The maximum Gasteiger partial charge on any atom is 0.410 e. The Hall–Kier alpha value is -2.73. The number of carbonyl (C=O) groups excluding carboxylic acids is 1. The predicted molar refractivity (Wildman–Crippen MR) is 125 cm³/mol. The number of piperazine rings is 1. The highest BCUT2D eigenvalue weighted by Gasteiger charge is 2.32. The first-order valence-electron chi connectivity index (χ1n) is 10.7. The lowest BCUT2D eigenvalue weighted by Gasteiger charge is -2.40. The summed E-state index contributed by atoms with van der Waals surface area (Å²) < 4.78 is 7.80. The van der Waals surface area contributed by atoms with Crippen LogP contribution in [0, 0.1) is 0 Å². The van der Waals surface area contributed by atoms with E-state index in [-0.39, 0.29) is 12.1 Å². The van der Waals surface area contributed by atoms with Crippen LogP contribution in [0.4, 0.5) is 10.7 Å². The van der Waals surface area contributed by atoms with Gasteiger partial charge < -0.3 is 19.1 Å². The van der Waals surface area contributed by atoms with Crippen LogP contribution in [-0.2, 0) is 11.3 Å². The number of hydrogen-bond donors (Lipinski definition) is 0. The van der Waals surface area contributed by atoms with Crippen LogP contribution in [0.25, 0.3) is 11.0 Å². The maximum absolute atomic E-state index is 12.5. The van der Waals surface area contributed by atoms with Crippen LogP contribution in [0.5, 0.6) is 0 Å². The van der Waals surface area contributed by atoms with Crippen molar-refractivity contribution in [2.75, 3.05) is 24.5 Å². The second kappa shape index (κ2) is 8.42. The third-order valence-electron chi connectivity index (χ3n) is 5.40. The molecule has 1 fully saturated rings. The van der Waals surface area contributed by atoms with E-state index in [1.54, 1.807) is 4.90 Å². The van der Waals surface area contributed by atoms with E-state index in [0.29, 0.717) is 26.2 Å². The van der Waals surface area contributed by atoms with Gasteiger partial charge in [0.05, 0.1) is 17.6 Å². The molecule has 1 atom stereocenters.